The Labute approximate surface area is 333 Å². The number of rotatable bonds is 16. The van der Waals surface area contributed by atoms with Gasteiger partial charge in [0.25, 0.3) is 21.9 Å². The quantitative estimate of drug-likeness (QED) is 0.123. The molecule has 3 aliphatic rings. The monoisotopic (exact) mass is 829 g/mol. The maximum absolute atomic E-state index is 15.3. The van der Waals surface area contributed by atoms with Crippen molar-refractivity contribution in [2.24, 2.45) is 11.8 Å². The zero-order valence-electron chi connectivity index (χ0n) is 31.7. The van der Waals surface area contributed by atoms with Crippen LogP contribution >= 0.6 is 0 Å². The number of benzene rings is 2. The van der Waals surface area contributed by atoms with Crippen LogP contribution < -0.4 is 16.0 Å². The Hall–Kier alpha value is -5.11. The Morgan fingerprint density at radius 3 is 2.43 bits per heavy atom. The van der Waals surface area contributed by atoms with E-state index in [1.54, 1.807) is 17.7 Å². The zero-order chi connectivity index (χ0) is 41.6. The molecule has 3 aliphatic heterocycles. The van der Waals surface area contributed by atoms with Crippen LogP contribution in [0.25, 0.3) is 11.3 Å². The van der Waals surface area contributed by atoms with Crippen LogP contribution in [0.1, 0.15) is 43.6 Å². The SMILES string of the molecule is C[C@@H](CNC(=O)C[C@@H](CN1C(=O)C=CC1=O)S(=O)(=O)O)NC(=O)N(C[C@@H]1CNC[C@@H]1F)[C@@H](c1nc(-c2cc(F)ccc2F)cn1Cc1ccccc1)C1CCOCC1. The molecule has 2 aromatic carbocycles. The lowest BCUT2D eigenvalue weighted by molar-refractivity contribution is -0.137. The number of ether oxygens (including phenoxy) is 1. The van der Waals surface area contributed by atoms with E-state index in [4.69, 9.17) is 9.72 Å². The molecule has 5 amide bonds. The molecule has 5 atom stereocenters. The predicted octanol–water partition coefficient (Wildman–Crippen LogP) is 2.99. The Morgan fingerprint density at radius 2 is 1.78 bits per heavy atom. The van der Waals surface area contributed by atoms with Crippen molar-refractivity contribution in [1.82, 2.24) is 35.3 Å². The second-order valence-corrected chi connectivity index (χ2v) is 16.5. The zero-order valence-corrected chi connectivity index (χ0v) is 32.5. The van der Waals surface area contributed by atoms with Gasteiger partial charge < -0.3 is 30.2 Å². The smallest absolute Gasteiger partial charge is 0.318 e. The van der Waals surface area contributed by atoms with E-state index < -0.39 is 87.9 Å². The van der Waals surface area contributed by atoms with Crippen LogP contribution in [0.4, 0.5) is 18.0 Å². The van der Waals surface area contributed by atoms with Gasteiger partial charge in [-0.25, -0.2) is 22.9 Å². The van der Waals surface area contributed by atoms with Crippen molar-refractivity contribution in [3.8, 4) is 11.3 Å². The van der Waals surface area contributed by atoms with Gasteiger partial charge in [0.05, 0.1) is 11.7 Å². The van der Waals surface area contributed by atoms with Crippen LogP contribution in [0.2, 0.25) is 0 Å². The molecule has 58 heavy (non-hydrogen) atoms. The average molecular weight is 830 g/mol. The standard InChI is InChI=1S/C39H46F3N7O8S/c1-24(17-44-34(50)16-29(58(54,55)56)22-48-35(51)9-10-36(48)52)45-39(53)49(21-27-18-43-19-32(27)42)37(26-11-13-57-14-12-26)38-46-33(30-15-28(40)7-8-31(30)41)23-47(38)20-25-5-3-2-4-6-25/h2-10,15,23-24,26-27,29,32,37,43H,11-14,16-22H2,1H3,(H,44,50)(H,45,53)(H,54,55,56)/t24-,27-,29-,32-,37+/m0/s1. The molecule has 0 aliphatic carbocycles. The van der Waals surface area contributed by atoms with Gasteiger partial charge in [0.2, 0.25) is 5.91 Å². The van der Waals surface area contributed by atoms with Crippen LogP contribution in [0.5, 0.6) is 0 Å². The largest absolute Gasteiger partial charge is 0.381 e. The highest BCUT2D eigenvalue weighted by Gasteiger charge is 2.41. The number of amides is 5. The lowest BCUT2D eigenvalue weighted by Crippen LogP contribution is -2.53. The fourth-order valence-corrected chi connectivity index (χ4v) is 8.16. The Balaban J connectivity index is 1.28. The summed E-state index contributed by atoms with van der Waals surface area (Å²) in [6.45, 7) is 1.98. The first-order valence-corrected chi connectivity index (χ1v) is 20.5. The fourth-order valence-electron chi connectivity index (χ4n) is 7.46. The number of hydrogen-bond acceptors (Lipinski definition) is 9. The summed E-state index contributed by atoms with van der Waals surface area (Å²) in [5.74, 6) is -4.27. The Kier molecular flexibility index (Phi) is 13.7. The summed E-state index contributed by atoms with van der Waals surface area (Å²) >= 11 is 0. The molecule has 0 saturated carbocycles. The predicted molar refractivity (Wildman–Crippen MR) is 204 cm³/mol. The molecule has 2 saturated heterocycles. The van der Waals surface area contributed by atoms with Crippen molar-refractivity contribution >= 4 is 33.9 Å². The molecule has 4 heterocycles. The van der Waals surface area contributed by atoms with Crippen molar-refractivity contribution in [1.29, 1.82) is 0 Å². The highest BCUT2D eigenvalue weighted by Crippen LogP contribution is 2.38. The van der Waals surface area contributed by atoms with E-state index in [2.05, 4.69) is 16.0 Å². The number of imide groups is 1. The van der Waals surface area contributed by atoms with Gasteiger partial charge in [-0.1, -0.05) is 30.3 Å². The number of carbonyl (C=O) groups is 4. The van der Waals surface area contributed by atoms with Crippen molar-refractivity contribution in [3.63, 3.8) is 0 Å². The van der Waals surface area contributed by atoms with E-state index in [0.29, 0.717) is 36.8 Å². The number of nitrogens with one attached hydrogen (secondary N) is 3. The van der Waals surface area contributed by atoms with E-state index in [1.165, 1.54) is 4.90 Å². The van der Waals surface area contributed by atoms with Crippen LogP contribution in [0.3, 0.4) is 0 Å². The number of nitrogens with zero attached hydrogens (tertiary/aromatic N) is 4. The van der Waals surface area contributed by atoms with Gasteiger partial charge in [-0.3, -0.25) is 23.8 Å². The molecular formula is C39H46F3N7O8S. The molecule has 6 rings (SSSR count). The van der Waals surface area contributed by atoms with E-state index in [0.717, 1.165) is 35.9 Å². The van der Waals surface area contributed by atoms with Gasteiger partial charge in [-0.05, 0) is 49.4 Å². The minimum atomic E-state index is -4.87. The number of carbonyl (C=O) groups excluding carboxylic acids is 4. The summed E-state index contributed by atoms with van der Waals surface area (Å²) in [5.41, 5.74) is 0.934. The molecule has 0 spiro atoms. The summed E-state index contributed by atoms with van der Waals surface area (Å²) in [5, 5.41) is 6.62. The van der Waals surface area contributed by atoms with Crippen LogP contribution in [0, 0.1) is 23.5 Å². The van der Waals surface area contributed by atoms with E-state index >= 15 is 8.78 Å². The lowest BCUT2D eigenvalue weighted by Gasteiger charge is -2.40. The molecule has 4 N–H and O–H groups in total. The molecule has 1 aromatic heterocycles. The normalized spacial score (nSPS) is 20.3. The van der Waals surface area contributed by atoms with Crippen molar-refractivity contribution < 1.29 is 50.1 Å². The minimum absolute atomic E-state index is 0.0538. The third kappa shape index (κ3) is 10.5. The van der Waals surface area contributed by atoms with Crippen LogP contribution in [-0.4, -0.2) is 119 Å². The fraction of sp³-hybridized carbons (Fsp3) is 0.462. The maximum atomic E-state index is 15.3. The number of hydrogen-bond donors (Lipinski definition) is 4. The number of alkyl halides is 1. The molecular weight excluding hydrogens is 784 g/mol. The van der Waals surface area contributed by atoms with Gasteiger partial charge in [0.1, 0.15) is 28.9 Å². The third-order valence-corrected chi connectivity index (χ3v) is 11.7. The molecule has 19 heteroatoms. The van der Waals surface area contributed by atoms with Crippen molar-refractivity contribution in [3.05, 3.63) is 89.9 Å². The van der Waals surface area contributed by atoms with Gasteiger partial charge in [-0.15, -0.1) is 0 Å². The number of imidazole rings is 1. The number of urea groups is 1. The topological polar surface area (TPSA) is 192 Å². The second kappa shape index (κ2) is 18.6. The number of halogens is 3. The maximum Gasteiger partial charge on any atom is 0.318 e. The average Bonchev–Trinajstić information content (AvgIpc) is 3.89. The Bertz CT molecular complexity index is 2100. The van der Waals surface area contributed by atoms with Crippen molar-refractivity contribution in [2.75, 3.05) is 45.9 Å². The molecule has 312 valence electrons. The molecule has 0 unspecified atom stereocenters. The highest BCUT2D eigenvalue weighted by molar-refractivity contribution is 7.86. The lowest BCUT2D eigenvalue weighted by atomic mass is 9.89. The summed E-state index contributed by atoms with van der Waals surface area (Å²) in [6, 6.07) is 10.2. The molecule has 2 fully saturated rings. The first-order chi connectivity index (χ1) is 27.7. The summed E-state index contributed by atoms with van der Waals surface area (Å²) < 4.78 is 86.5. The van der Waals surface area contributed by atoms with Crippen molar-refractivity contribution in [2.45, 2.75) is 56.2 Å². The van der Waals surface area contributed by atoms with Gasteiger partial charge in [0.15, 0.2) is 0 Å². The van der Waals surface area contributed by atoms with E-state index in [-0.39, 0.29) is 49.9 Å². The van der Waals surface area contributed by atoms with Crippen LogP contribution in [-0.2, 0) is 35.8 Å². The molecule has 0 bridgehead atoms. The molecule has 15 nitrogen and oxygen atoms in total. The van der Waals surface area contributed by atoms with Gasteiger partial charge in [-0.2, -0.15) is 8.42 Å². The molecule has 0 radical (unpaired) electrons. The van der Waals surface area contributed by atoms with Gasteiger partial charge >= 0.3 is 6.03 Å². The van der Waals surface area contributed by atoms with Crippen LogP contribution in [0.15, 0.2) is 66.9 Å². The summed E-state index contributed by atoms with van der Waals surface area (Å²) in [7, 11) is -4.87. The van der Waals surface area contributed by atoms with E-state index in [1.807, 2.05) is 30.3 Å². The molecule has 3 aromatic rings. The van der Waals surface area contributed by atoms with Gasteiger partial charge in [0, 0.05) is 94.8 Å². The van der Waals surface area contributed by atoms with E-state index in [9.17, 15) is 36.5 Å². The minimum Gasteiger partial charge on any atom is -0.381 e. The second-order valence-electron chi connectivity index (χ2n) is 14.8. The first kappa shape index (κ1) is 42.5. The summed E-state index contributed by atoms with van der Waals surface area (Å²) in [6.07, 6.45) is 2.44. The third-order valence-electron chi connectivity index (χ3n) is 10.6. The number of aromatic nitrogens is 2. The highest BCUT2D eigenvalue weighted by atomic mass is 32.2. The first-order valence-electron chi connectivity index (χ1n) is 19.0. The Morgan fingerprint density at radius 1 is 1.07 bits per heavy atom. The summed E-state index contributed by atoms with van der Waals surface area (Å²) in [4.78, 5) is 58.5.